The predicted molar refractivity (Wildman–Crippen MR) is 73.0 cm³/mol. The Morgan fingerprint density at radius 1 is 0.882 bits per heavy atom. The maximum absolute atomic E-state index is 5.33. The molecule has 0 N–H and O–H groups in total. The summed E-state index contributed by atoms with van der Waals surface area (Å²) < 4.78 is 5.33. The summed E-state index contributed by atoms with van der Waals surface area (Å²) in [6.45, 7) is 4.16. The molecule has 2 rings (SSSR count). The maximum atomic E-state index is 5.33. The van der Waals surface area contributed by atoms with Crippen LogP contribution in [0.25, 0.3) is 0 Å². The van der Waals surface area contributed by atoms with Crippen LogP contribution >= 0.6 is 11.8 Å². The molecule has 0 fully saturated rings. The van der Waals surface area contributed by atoms with Gasteiger partial charge in [0.1, 0.15) is 5.75 Å². The molecule has 17 heavy (non-hydrogen) atoms. The summed E-state index contributed by atoms with van der Waals surface area (Å²) in [6, 6.07) is 14.9. The minimum absolute atomic E-state index is 0.946. The summed E-state index contributed by atoms with van der Waals surface area (Å²) in [4.78, 5) is 2.46. The van der Waals surface area contributed by atoms with Crippen molar-refractivity contribution in [1.29, 1.82) is 0 Å². The van der Waals surface area contributed by atoms with Crippen LogP contribution in [0.2, 0.25) is 0 Å². The van der Waals surface area contributed by atoms with E-state index in [9.17, 15) is 0 Å². The minimum atomic E-state index is 0.946. The van der Waals surface area contributed by atoms with Gasteiger partial charge >= 0.3 is 0 Å². The Morgan fingerprint density at radius 3 is 2.18 bits per heavy atom. The first-order valence-corrected chi connectivity index (χ1v) is 6.40. The van der Waals surface area contributed by atoms with Crippen molar-refractivity contribution < 1.29 is 4.74 Å². The Morgan fingerprint density at radius 2 is 1.53 bits per heavy atom. The van der Waals surface area contributed by atoms with Crippen LogP contribution in [0.15, 0.2) is 52.3 Å². The highest BCUT2D eigenvalue weighted by atomic mass is 32.2. The highest BCUT2D eigenvalue weighted by molar-refractivity contribution is 7.99. The summed E-state index contributed by atoms with van der Waals surface area (Å²) in [7, 11) is 1.71. The van der Waals surface area contributed by atoms with E-state index < -0.39 is 0 Å². The van der Waals surface area contributed by atoms with Crippen molar-refractivity contribution in [3.05, 3.63) is 53.6 Å². The Balaban J connectivity index is 2.21. The van der Waals surface area contributed by atoms with E-state index in [1.165, 1.54) is 20.9 Å². The van der Waals surface area contributed by atoms with Gasteiger partial charge in [-0.25, -0.2) is 0 Å². The van der Waals surface area contributed by atoms with Crippen molar-refractivity contribution in [2.24, 2.45) is 0 Å². The molecule has 0 unspecified atom stereocenters. The van der Waals surface area contributed by atoms with Crippen molar-refractivity contribution in [3.63, 3.8) is 0 Å². The van der Waals surface area contributed by atoms with E-state index >= 15 is 0 Å². The fourth-order valence-corrected chi connectivity index (χ4v) is 2.45. The number of hydrogen-bond acceptors (Lipinski definition) is 2. The molecule has 2 aromatic rings. The number of benzene rings is 2. The number of hydrogen-bond donors (Lipinski definition) is 0. The zero-order valence-corrected chi connectivity index (χ0v) is 11.2. The normalized spacial score (nSPS) is 10.3. The second kappa shape index (κ2) is 5.28. The SMILES string of the molecule is COc1cc(Sc2ccc(C)cc2)ccc1C. The first-order chi connectivity index (χ1) is 8.19. The molecule has 0 saturated carbocycles. The molecule has 0 heterocycles. The molecule has 0 aliphatic carbocycles. The lowest BCUT2D eigenvalue weighted by Gasteiger charge is -2.07. The van der Waals surface area contributed by atoms with Crippen LogP contribution in [0.3, 0.4) is 0 Å². The molecule has 0 aromatic heterocycles. The molecule has 0 spiro atoms. The first kappa shape index (κ1) is 12.1. The van der Waals surface area contributed by atoms with E-state index in [4.69, 9.17) is 4.74 Å². The molecule has 2 heteroatoms. The maximum Gasteiger partial charge on any atom is 0.122 e. The number of aryl methyl sites for hydroxylation is 2. The minimum Gasteiger partial charge on any atom is -0.496 e. The van der Waals surface area contributed by atoms with Crippen LogP contribution in [0, 0.1) is 13.8 Å². The van der Waals surface area contributed by atoms with Crippen molar-refractivity contribution in [1.82, 2.24) is 0 Å². The third-order valence-corrected chi connectivity index (χ3v) is 3.63. The molecular formula is C15H16OS. The largest absolute Gasteiger partial charge is 0.496 e. The monoisotopic (exact) mass is 244 g/mol. The van der Waals surface area contributed by atoms with E-state index in [2.05, 4.69) is 56.3 Å². The van der Waals surface area contributed by atoms with Crippen molar-refractivity contribution in [2.75, 3.05) is 7.11 Å². The molecule has 2 aromatic carbocycles. The average Bonchev–Trinajstić information content (AvgIpc) is 2.34. The Hall–Kier alpha value is -1.41. The lowest BCUT2D eigenvalue weighted by Crippen LogP contribution is -1.86. The van der Waals surface area contributed by atoms with Gasteiger partial charge < -0.3 is 4.74 Å². The van der Waals surface area contributed by atoms with Crippen LogP contribution < -0.4 is 4.74 Å². The van der Waals surface area contributed by atoms with Gasteiger partial charge in [-0.3, -0.25) is 0 Å². The van der Waals surface area contributed by atoms with Gasteiger partial charge in [-0.15, -0.1) is 0 Å². The van der Waals surface area contributed by atoms with Crippen molar-refractivity contribution in [2.45, 2.75) is 23.6 Å². The van der Waals surface area contributed by atoms with Crippen LogP contribution in [-0.4, -0.2) is 7.11 Å². The van der Waals surface area contributed by atoms with Crippen LogP contribution in [-0.2, 0) is 0 Å². The van der Waals surface area contributed by atoms with Gasteiger partial charge in [0.15, 0.2) is 0 Å². The van der Waals surface area contributed by atoms with E-state index in [0.29, 0.717) is 0 Å². The number of rotatable bonds is 3. The summed E-state index contributed by atoms with van der Waals surface area (Å²) in [5.41, 5.74) is 2.46. The molecule has 0 amide bonds. The van der Waals surface area contributed by atoms with Crippen molar-refractivity contribution >= 4 is 11.8 Å². The first-order valence-electron chi connectivity index (χ1n) is 5.58. The van der Waals surface area contributed by atoms with Crippen LogP contribution in [0.4, 0.5) is 0 Å². The van der Waals surface area contributed by atoms with E-state index in [-0.39, 0.29) is 0 Å². The summed E-state index contributed by atoms with van der Waals surface area (Å²) >= 11 is 1.75. The smallest absolute Gasteiger partial charge is 0.122 e. The third kappa shape index (κ3) is 3.04. The average molecular weight is 244 g/mol. The highest BCUT2D eigenvalue weighted by Gasteiger charge is 2.02. The van der Waals surface area contributed by atoms with Gasteiger partial charge in [-0.05, 0) is 43.7 Å². The predicted octanol–water partition coefficient (Wildman–Crippen LogP) is 4.46. The third-order valence-electron chi connectivity index (χ3n) is 2.64. The van der Waals surface area contributed by atoms with Gasteiger partial charge in [0.25, 0.3) is 0 Å². The van der Waals surface area contributed by atoms with Crippen molar-refractivity contribution in [3.8, 4) is 5.75 Å². The van der Waals surface area contributed by atoms with Crippen LogP contribution in [0.1, 0.15) is 11.1 Å². The lowest BCUT2D eigenvalue weighted by molar-refractivity contribution is 0.410. The number of ether oxygens (including phenoxy) is 1. The van der Waals surface area contributed by atoms with E-state index in [1.807, 2.05) is 0 Å². The van der Waals surface area contributed by atoms with E-state index in [1.54, 1.807) is 18.9 Å². The summed E-state index contributed by atoms with van der Waals surface area (Å²) in [6.07, 6.45) is 0. The molecule has 88 valence electrons. The zero-order chi connectivity index (χ0) is 12.3. The quantitative estimate of drug-likeness (QED) is 0.788. The topological polar surface area (TPSA) is 9.23 Å². The molecular weight excluding hydrogens is 228 g/mol. The Bertz CT molecular complexity index is 503. The fraction of sp³-hybridized carbons (Fsp3) is 0.200. The van der Waals surface area contributed by atoms with Gasteiger partial charge in [0.05, 0.1) is 7.11 Å². The van der Waals surface area contributed by atoms with Gasteiger partial charge in [-0.1, -0.05) is 35.5 Å². The van der Waals surface area contributed by atoms with Crippen LogP contribution in [0.5, 0.6) is 5.75 Å². The fourth-order valence-electron chi connectivity index (χ4n) is 1.61. The highest BCUT2D eigenvalue weighted by Crippen LogP contribution is 2.31. The second-order valence-corrected chi connectivity index (χ2v) is 5.19. The molecule has 0 aliphatic heterocycles. The molecule has 1 nitrogen and oxygen atoms in total. The summed E-state index contributed by atoms with van der Waals surface area (Å²) in [5.74, 6) is 0.946. The molecule has 0 aliphatic rings. The summed E-state index contributed by atoms with van der Waals surface area (Å²) in [5, 5.41) is 0. The number of methoxy groups -OCH3 is 1. The lowest BCUT2D eigenvalue weighted by atomic mass is 10.2. The standard InChI is InChI=1S/C15H16OS/c1-11-4-7-13(8-5-11)17-14-9-6-12(2)15(10-14)16-3/h4-10H,1-3H3. The van der Waals surface area contributed by atoms with E-state index in [0.717, 1.165) is 5.75 Å². The molecule has 0 saturated heterocycles. The van der Waals surface area contributed by atoms with Gasteiger partial charge in [-0.2, -0.15) is 0 Å². The Labute approximate surface area is 107 Å². The van der Waals surface area contributed by atoms with Gasteiger partial charge in [0.2, 0.25) is 0 Å². The Kier molecular flexibility index (Phi) is 3.75. The molecule has 0 bridgehead atoms. The second-order valence-electron chi connectivity index (χ2n) is 4.05. The van der Waals surface area contributed by atoms with Gasteiger partial charge in [0, 0.05) is 9.79 Å². The zero-order valence-electron chi connectivity index (χ0n) is 10.4. The molecule has 0 radical (unpaired) electrons. The molecule has 0 atom stereocenters.